The molecule has 0 radical (unpaired) electrons. The molecule has 0 saturated heterocycles. The molecule has 2 atom stereocenters. The topological polar surface area (TPSA) is 66.6 Å². The zero-order valence-corrected chi connectivity index (χ0v) is 10.7. The van der Waals surface area contributed by atoms with Gasteiger partial charge < -0.3 is 15.7 Å². The Morgan fingerprint density at radius 2 is 1.89 bits per heavy atom. The molecule has 3 N–H and O–H groups in total. The van der Waals surface area contributed by atoms with Crippen LogP contribution in [-0.2, 0) is 0 Å². The first-order chi connectivity index (χ1) is 8.59. The summed E-state index contributed by atoms with van der Waals surface area (Å²) in [4.78, 5) is 14.0. The van der Waals surface area contributed by atoms with Crippen molar-refractivity contribution < 1.29 is 9.90 Å². The molecule has 1 aliphatic carbocycles. The molecule has 0 heterocycles. The smallest absolute Gasteiger partial charge is 0.253 e. The molecule has 4 nitrogen and oxygen atoms in total. The number of benzene rings is 1. The standard InChI is InChI=1S/C14H20N2O2/c1-16(13-5-3-2-4-12(13)15)14(18)10-6-8-11(17)9-7-10/h6-9,12-13,17H,2-5,15H2,1H3. The van der Waals surface area contributed by atoms with E-state index in [0.717, 1.165) is 25.7 Å². The molecular formula is C14H20N2O2. The fraction of sp³-hybridized carbons (Fsp3) is 0.500. The summed E-state index contributed by atoms with van der Waals surface area (Å²) < 4.78 is 0. The number of carbonyl (C=O) groups excluding carboxylic acids is 1. The van der Waals surface area contributed by atoms with Gasteiger partial charge in [0.25, 0.3) is 5.91 Å². The Bertz CT molecular complexity index is 416. The summed E-state index contributed by atoms with van der Waals surface area (Å²) in [7, 11) is 1.81. The molecule has 4 heteroatoms. The minimum absolute atomic E-state index is 0.0302. The maximum Gasteiger partial charge on any atom is 0.253 e. The highest BCUT2D eigenvalue weighted by atomic mass is 16.3. The van der Waals surface area contributed by atoms with Gasteiger partial charge in [-0.3, -0.25) is 4.79 Å². The van der Waals surface area contributed by atoms with E-state index in [1.54, 1.807) is 17.0 Å². The van der Waals surface area contributed by atoms with Crippen molar-refractivity contribution in [2.24, 2.45) is 5.73 Å². The number of aromatic hydroxyl groups is 1. The maximum absolute atomic E-state index is 12.3. The monoisotopic (exact) mass is 248 g/mol. The SMILES string of the molecule is CN(C(=O)c1ccc(O)cc1)C1CCCCC1N. The summed E-state index contributed by atoms with van der Waals surface area (Å²) in [5.74, 6) is 0.140. The van der Waals surface area contributed by atoms with E-state index in [4.69, 9.17) is 5.73 Å². The molecule has 2 unspecified atom stereocenters. The summed E-state index contributed by atoms with van der Waals surface area (Å²) in [6.07, 6.45) is 4.24. The van der Waals surface area contributed by atoms with Crippen molar-refractivity contribution in [1.29, 1.82) is 0 Å². The predicted molar refractivity (Wildman–Crippen MR) is 70.4 cm³/mol. The Morgan fingerprint density at radius 1 is 1.28 bits per heavy atom. The second-order valence-corrected chi connectivity index (χ2v) is 4.98. The van der Waals surface area contributed by atoms with Crippen LogP contribution in [0, 0.1) is 0 Å². The lowest BCUT2D eigenvalue weighted by Crippen LogP contribution is -2.50. The molecule has 0 spiro atoms. The third-order valence-corrected chi connectivity index (χ3v) is 3.71. The number of nitrogens with two attached hydrogens (primary N) is 1. The van der Waals surface area contributed by atoms with Crippen LogP contribution in [-0.4, -0.2) is 35.0 Å². The molecule has 0 aliphatic heterocycles. The second kappa shape index (κ2) is 5.40. The van der Waals surface area contributed by atoms with Gasteiger partial charge in [-0.15, -0.1) is 0 Å². The third-order valence-electron chi connectivity index (χ3n) is 3.71. The minimum atomic E-state index is -0.0302. The van der Waals surface area contributed by atoms with Crippen molar-refractivity contribution >= 4 is 5.91 Å². The number of phenolic OH excluding ortho intramolecular Hbond substituents is 1. The van der Waals surface area contributed by atoms with Crippen LogP contribution >= 0.6 is 0 Å². The molecule has 1 aliphatic rings. The molecule has 1 aromatic carbocycles. The molecule has 1 fully saturated rings. The van der Waals surface area contributed by atoms with E-state index in [2.05, 4.69) is 0 Å². The molecule has 98 valence electrons. The number of likely N-dealkylation sites (N-methyl/N-ethyl adjacent to an activating group) is 1. The van der Waals surface area contributed by atoms with Gasteiger partial charge in [-0.25, -0.2) is 0 Å². The largest absolute Gasteiger partial charge is 0.508 e. The number of nitrogens with zero attached hydrogens (tertiary/aromatic N) is 1. The fourth-order valence-corrected chi connectivity index (χ4v) is 2.58. The van der Waals surface area contributed by atoms with Crippen LogP contribution in [0.25, 0.3) is 0 Å². The van der Waals surface area contributed by atoms with Crippen molar-refractivity contribution in [1.82, 2.24) is 4.90 Å². The molecular weight excluding hydrogens is 228 g/mol. The predicted octanol–water partition coefficient (Wildman–Crippen LogP) is 1.73. The number of amides is 1. The molecule has 18 heavy (non-hydrogen) atoms. The Labute approximate surface area is 107 Å². The van der Waals surface area contributed by atoms with E-state index in [-0.39, 0.29) is 23.7 Å². The Hall–Kier alpha value is -1.55. The number of carbonyl (C=O) groups is 1. The summed E-state index contributed by atoms with van der Waals surface area (Å²) in [6.45, 7) is 0. The lowest BCUT2D eigenvalue weighted by molar-refractivity contribution is 0.0672. The maximum atomic E-state index is 12.3. The van der Waals surface area contributed by atoms with Crippen LogP contribution in [0.5, 0.6) is 5.75 Å². The third kappa shape index (κ3) is 2.64. The first-order valence-corrected chi connectivity index (χ1v) is 6.41. The summed E-state index contributed by atoms with van der Waals surface area (Å²) in [6, 6.07) is 6.54. The number of hydrogen-bond acceptors (Lipinski definition) is 3. The molecule has 0 aromatic heterocycles. The molecule has 1 aromatic rings. The highest BCUT2D eigenvalue weighted by Gasteiger charge is 2.28. The van der Waals surface area contributed by atoms with Crippen LogP contribution in [0.1, 0.15) is 36.0 Å². The first-order valence-electron chi connectivity index (χ1n) is 6.41. The van der Waals surface area contributed by atoms with Gasteiger partial charge in [-0.2, -0.15) is 0 Å². The van der Waals surface area contributed by atoms with Gasteiger partial charge in [0.2, 0.25) is 0 Å². The summed E-state index contributed by atoms with van der Waals surface area (Å²) in [5.41, 5.74) is 6.68. The fourth-order valence-electron chi connectivity index (χ4n) is 2.58. The Kier molecular flexibility index (Phi) is 3.87. The summed E-state index contributed by atoms with van der Waals surface area (Å²) in [5, 5.41) is 9.22. The van der Waals surface area contributed by atoms with Crippen molar-refractivity contribution in [3.63, 3.8) is 0 Å². The van der Waals surface area contributed by atoms with E-state index in [0.29, 0.717) is 5.56 Å². The van der Waals surface area contributed by atoms with Crippen LogP contribution < -0.4 is 5.73 Å². The van der Waals surface area contributed by atoms with Gasteiger partial charge in [0.15, 0.2) is 0 Å². The second-order valence-electron chi connectivity index (χ2n) is 4.98. The lowest BCUT2D eigenvalue weighted by Gasteiger charge is -2.36. The van der Waals surface area contributed by atoms with Crippen molar-refractivity contribution in [2.75, 3.05) is 7.05 Å². The molecule has 0 bridgehead atoms. The van der Waals surface area contributed by atoms with E-state index in [1.807, 2.05) is 7.05 Å². The van der Waals surface area contributed by atoms with Gasteiger partial charge in [-0.1, -0.05) is 12.8 Å². The molecule has 1 amide bonds. The van der Waals surface area contributed by atoms with E-state index in [1.165, 1.54) is 12.1 Å². The van der Waals surface area contributed by atoms with Gasteiger partial charge in [0.05, 0.1) is 0 Å². The number of hydrogen-bond donors (Lipinski definition) is 2. The zero-order valence-electron chi connectivity index (χ0n) is 10.7. The number of phenols is 1. The highest BCUT2D eigenvalue weighted by molar-refractivity contribution is 5.94. The van der Waals surface area contributed by atoms with Crippen LogP contribution in [0.3, 0.4) is 0 Å². The van der Waals surface area contributed by atoms with Gasteiger partial charge in [0.1, 0.15) is 5.75 Å². The normalized spacial score (nSPS) is 23.7. The first kappa shape index (κ1) is 12.9. The molecule has 2 rings (SSSR count). The van der Waals surface area contributed by atoms with E-state index < -0.39 is 0 Å². The Balaban J connectivity index is 2.10. The lowest BCUT2D eigenvalue weighted by atomic mass is 9.90. The van der Waals surface area contributed by atoms with E-state index >= 15 is 0 Å². The van der Waals surface area contributed by atoms with E-state index in [9.17, 15) is 9.90 Å². The Morgan fingerprint density at radius 3 is 2.50 bits per heavy atom. The summed E-state index contributed by atoms with van der Waals surface area (Å²) >= 11 is 0. The zero-order chi connectivity index (χ0) is 13.1. The van der Waals surface area contributed by atoms with Crippen LogP contribution in [0.15, 0.2) is 24.3 Å². The average molecular weight is 248 g/mol. The van der Waals surface area contributed by atoms with Gasteiger partial charge >= 0.3 is 0 Å². The molecule has 1 saturated carbocycles. The number of rotatable bonds is 2. The quantitative estimate of drug-likeness (QED) is 0.837. The van der Waals surface area contributed by atoms with Crippen molar-refractivity contribution in [3.8, 4) is 5.75 Å². The van der Waals surface area contributed by atoms with Crippen LogP contribution in [0.4, 0.5) is 0 Å². The van der Waals surface area contributed by atoms with Crippen LogP contribution in [0.2, 0.25) is 0 Å². The minimum Gasteiger partial charge on any atom is -0.508 e. The van der Waals surface area contributed by atoms with Crippen molar-refractivity contribution in [2.45, 2.75) is 37.8 Å². The van der Waals surface area contributed by atoms with Gasteiger partial charge in [0, 0.05) is 24.7 Å². The van der Waals surface area contributed by atoms with Crippen molar-refractivity contribution in [3.05, 3.63) is 29.8 Å². The highest BCUT2D eigenvalue weighted by Crippen LogP contribution is 2.22. The van der Waals surface area contributed by atoms with Gasteiger partial charge in [-0.05, 0) is 37.1 Å². The average Bonchev–Trinajstić information content (AvgIpc) is 2.38.